The van der Waals surface area contributed by atoms with Crippen molar-refractivity contribution in [2.24, 2.45) is 0 Å². The van der Waals surface area contributed by atoms with Gasteiger partial charge in [0.1, 0.15) is 17.9 Å². The molecule has 0 spiro atoms. The molecule has 0 aliphatic carbocycles. The van der Waals surface area contributed by atoms with Gasteiger partial charge in [-0.2, -0.15) is 0 Å². The molecule has 0 radical (unpaired) electrons. The number of anilines is 1. The van der Waals surface area contributed by atoms with Gasteiger partial charge in [-0.15, -0.1) is 11.3 Å². The third-order valence-corrected chi connectivity index (χ3v) is 5.04. The highest BCUT2D eigenvalue weighted by molar-refractivity contribution is 7.13. The number of halogens is 2. The number of thiophene rings is 1. The van der Waals surface area contributed by atoms with Crippen LogP contribution < -0.4 is 10.1 Å². The van der Waals surface area contributed by atoms with Gasteiger partial charge in [0, 0.05) is 34.1 Å². The molecule has 7 heteroatoms. The Labute approximate surface area is 160 Å². The molecule has 0 amide bonds. The Bertz CT molecular complexity index is 854. The molecule has 2 heterocycles. The highest BCUT2D eigenvalue weighted by Gasteiger charge is 2.07. The van der Waals surface area contributed by atoms with E-state index in [4.69, 9.17) is 27.9 Å². The molecule has 1 aromatic carbocycles. The minimum absolute atomic E-state index is 0.643. The van der Waals surface area contributed by atoms with Gasteiger partial charge in [-0.3, -0.25) is 0 Å². The van der Waals surface area contributed by atoms with E-state index in [-0.39, 0.29) is 0 Å². The summed E-state index contributed by atoms with van der Waals surface area (Å²) in [7, 11) is 0. The molecule has 0 aliphatic heterocycles. The molecule has 25 heavy (non-hydrogen) atoms. The lowest BCUT2D eigenvalue weighted by Gasteiger charge is -2.08. The van der Waals surface area contributed by atoms with Crippen LogP contribution in [0.25, 0.3) is 10.6 Å². The molecule has 0 atom stereocenters. The minimum atomic E-state index is 0.643. The molecule has 4 nitrogen and oxygen atoms in total. The van der Waals surface area contributed by atoms with E-state index in [1.165, 1.54) is 0 Å². The predicted octanol–water partition coefficient (Wildman–Crippen LogP) is 5.57. The summed E-state index contributed by atoms with van der Waals surface area (Å²) in [5, 5.41) is 6.61. The van der Waals surface area contributed by atoms with Crippen molar-refractivity contribution in [3.8, 4) is 16.3 Å². The van der Waals surface area contributed by atoms with Crippen LogP contribution in [-0.4, -0.2) is 23.1 Å². The second-order valence-corrected chi connectivity index (χ2v) is 7.04. The van der Waals surface area contributed by atoms with Crippen LogP contribution in [0.15, 0.2) is 42.0 Å². The first-order chi connectivity index (χ1) is 12.2. The molecule has 0 fully saturated rings. The smallest absolute Gasteiger partial charge is 0.130 e. The maximum absolute atomic E-state index is 6.20. The van der Waals surface area contributed by atoms with Crippen LogP contribution in [0.4, 0.5) is 5.82 Å². The first-order valence-corrected chi connectivity index (χ1v) is 9.51. The summed E-state index contributed by atoms with van der Waals surface area (Å²) in [4.78, 5) is 9.66. The lowest BCUT2D eigenvalue weighted by Crippen LogP contribution is -2.07. The molecule has 0 saturated heterocycles. The van der Waals surface area contributed by atoms with E-state index < -0.39 is 0 Å². The minimum Gasteiger partial charge on any atom is -0.493 e. The Balaban J connectivity index is 1.63. The van der Waals surface area contributed by atoms with Crippen LogP contribution >= 0.6 is 34.5 Å². The fourth-order valence-corrected chi connectivity index (χ4v) is 3.63. The average Bonchev–Trinajstić information content (AvgIpc) is 3.06. The maximum atomic E-state index is 6.20. The number of nitrogens with zero attached hydrogens (tertiary/aromatic N) is 2. The second kappa shape index (κ2) is 8.52. The molecule has 3 aromatic rings. The van der Waals surface area contributed by atoms with Crippen molar-refractivity contribution in [3.05, 3.63) is 57.6 Å². The standard InChI is InChI=1S/C18H17Cl2N3OS/c1-2-24-14-8-17(25-10-14)16-9-18(23-11-22-16)21-6-5-12-3-4-13(19)7-15(12)20/h3-4,7-11H,2,5-6H2,1H3,(H,21,22,23). The van der Waals surface area contributed by atoms with Crippen LogP contribution in [0.2, 0.25) is 10.0 Å². The molecular weight excluding hydrogens is 377 g/mol. The first kappa shape index (κ1) is 18.0. The Morgan fingerprint density at radius 2 is 2.04 bits per heavy atom. The number of nitrogens with one attached hydrogen (secondary N) is 1. The van der Waals surface area contributed by atoms with Crippen LogP contribution in [-0.2, 0) is 6.42 Å². The van der Waals surface area contributed by atoms with Crippen molar-refractivity contribution >= 4 is 40.4 Å². The number of hydrogen-bond acceptors (Lipinski definition) is 5. The number of ether oxygens (including phenoxy) is 1. The predicted molar refractivity (Wildman–Crippen MR) is 105 cm³/mol. The summed E-state index contributed by atoms with van der Waals surface area (Å²) in [5.41, 5.74) is 1.92. The monoisotopic (exact) mass is 393 g/mol. The summed E-state index contributed by atoms with van der Waals surface area (Å²) in [6, 6.07) is 9.48. The SMILES string of the molecule is CCOc1csc(-c2cc(NCCc3ccc(Cl)cc3Cl)ncn2)c1. The van der Waals surface area contributed by atoms with Crippen molar-refractivity contribution < 1.29 is 4.74 Å². The topological polar surface area (TPSA) is 47.0 Å². The summed E-state index contributed by atoms with van der Waals surface area (Å²) in [5.74, 6) is 1.65. The highest BCUT2D eigenvalue weighted by Crippen LogP contribution is 2.30. The number of hydrogen-bond donors (Lipinski definition) is 1. The molecular formula is C18H17Cl2N3OS. The largest absolute Gasteiger partial charge is 0.493 e. The maximum Gasteiger partial charge on any atom is 0.130 e. The van der Waals surface area contributed by atoms with Gasteiger partial charge in [0.25, 0.3) is 0 Å². The lowest BCUT2D eigenvalue weighted by atomic mass is 10.1. The molecule has 3 rings (SSSR count). The Morgan fingerprint density at radius 1 is 1.16 bits per heavy atom. The summed E-state index contributed by atoms with van der Waals surface area (Å²) in [6.45, 7) is 3.34. The van der Waals surface area contributed by atoms with Gasteiger partial charge in [-0.25, -0.2) is 9.97 Å². The fourth-order valence-electron chi connectivity index (χ4n) is 2.33. The molecule has 130 valence electrons. The summed E-state index contributed by atoms with van der Waals surface area (Å²) >= 11 is 13.7. The third-order valence-electron chi connectivity index (χ3n) is 3.52. The van der Waals surface area contributed by atoms with Crippen LogP contribution in [0.3, 0.4) is 0 Å². The summed E-state index contributed by atoms with van der Waals surface area (Å²) < 4.78 is 5.50. The van der Waals surface area contributed by atoms with Crippen molar-refractivity contribution in [1.82, 2.24) is 9.97 Å². The van der Waals surface area contributed by atoms with Crippen molar-refractivity contribution in [2.75, 3.05) is 18.5 Å². The van der Waals surface area contributed by atoms with Crippen molar-refractivity contribution in [2.45, 2.75) is 13.3 Å². The zero-order valence-electron chi connectivity index (χ0n) is 13.6. The number of aromatic nitrogens is 2. The van der Waals surface area contributed by atoms with E-state index in [2.05, 4.69) is 15.3 Å². The quantitative estimate of drug-likeness (QED) is 0.570. The zero-order chi connectivity index (χ0) is 17.6. The normalized spacial score (nSPS) is 10.7. The van der Waals surface area contributed by atoms with Gasteiger partial charge in [-0.1, -0.05) is 29.3 Å². The molecule has 1 N–H and O–H groups in total. The molecule has 0 unspecified atom stereocenters. The Hall–Kier alpha value is -1.82. The highest BCUT2D eigenvalue weighted by atomic mass is 35.5. The van der Waals surface area contributed by atoms with Gasteiger partial charge < -0.3 is 10.1 Å². The number of benzene rings is 1. The zero-order valence-corrected chi connectivity index (χ0v) is 16.0. The lowest BCUT2D eigenvalue weighted by molar-refractivity contribution is 0.342. The van der Waals surface area contributed by atoms with Gasteiger partial charge in [0.15, 0.2) is 0 Å². The number of rotatable bonds is 7. The Kier molecular flexibility index (Phi) is 6.13. The third kappa shape index (κ3) is 4.84. The van der Waals surface area contributed by atoms with Crippen LogP contribution in [0, 0.1) is 0 Å². The van der Waals surface area contributed by atoms with Gasteiger partial charge in [-0.05, 0) is 31.0 Å². The van der Waals surface area contributed by atoms with Crippen molar-refractivity contribution in [1.29, 1.82) is 0 Å². The molecule has 2 aromatic heterocycles. The first-order valence-electron chi connectivity index (χ1n) is 7.87. The Morgan fingerprint density at radius 3 is 2.84 bits per heavy atom. The van der Waals surface area contributed by atoms with E-state index in [0.717, 1.165) is 34.1 Å². The van der Waals surface area contributed by atoms with E-state index in [1.807, 2.05) is 36.6 Å². The van der Waals surface area contributed by atoms with Crippen molar-refractivity contribution in [3.63, 3.8) is 0 Å². The van der Waals surface area contributed by atoms with Crippen LogP contribution in [0.1, 0.15) is 12.5 Å². The van der Waals surface area contributed by atoms with E-state index in [1.54, 1.807) is 23.7 Å². The van der Waals surface area contributed by atoms with Crippen LogP contribution in [0.5, 0.6) is 5.75 Å². The average molecular weight is 394 g/mol. The second-order valence-electron chi connectivity index (χ2n) is 5.28. The fraction of sp³-hybridized carbons (Fsp3) is 0.222. The molecule has 0 bridgehead atoms. The van der Waals surface area contributed by atoms with E-state index >= 15 is 0 Å². The van der Waals surface area contributed by atoms with Gasteiger partial charge >= 0.3 is 0 Å². The van der Waals surface area contributed by atoms with Gasteiger partial charge in [0.05, 0.1) is 17.2 Å². The molecule has 0 aliphatic rings. The molecule has 0 saturated carbocycles. The van der Waals surface area contributed by atoms with Gasteiger partial charge in [0.2, 0.25) is 0 Å². The van der Waals surface area contributed by atoms with E-state index in [0.29, 0.717) is 23.2 Å². The summed E-state index contributed by atoms with van der Waals surface area (Å²) in [6.07, 6.45) is 2.34. The van der Waals surface area contributed by atoms with E-state index in [9.17, 15) is 0 Å².